The van der Waals surface area contributed by atoms with Crippen LogP contribution in [-0.2, 0) is 19.1 Å². The second-order valence-corrected chi connectivity index (χ2v) is 9.46. The molecule has 0 aromatic rings. The number of rotatable bonds is 16. The monoisotopic (exact) mass is 412 g/mol. The smallest absolute Gasteiger partial charge is 0.308 e. The number of hydrogen-bond acceptors (Lipinski definition) is 4. The topological polar surface area (TPSA) is 52.6 Å². The maximum Gasteiger partial charge on any atom is 0.308 e. The maximum absolute atomic E-state index is 12.6. The molecule has 4 heteroatoms. The average molecular weight is 413 g/mol. The van der Waals surface area contributed by atoms with Crippen molar-refractivity contribution in [1.29, 1.82) is 0 Å². The predicted octanol–water partition coefficient (Wildman–Crippen LogP) is 6.95. The van der Waals surface area contributed by atoms with Crippen molar-refractivity contribution < 1.29 is 19.1 Å². The highest BCUT2D eigenvalue weighted by Crippen LogP contribution is 2.42. The van der Waals surface area contributed by atoms with Gasteiger partial charge in [0.05, 0.1) is 11.8 Å². The van der Waals surface area contributed by atoms with Gasteiger partial charge in [0.15, 0.2) is 0 Å². The number of carbonyl (C=O) groups is 2. The van der Waals surface area contributed by atoms with Gasteiger partial charge in [-0.15, -0.1) is 0 Å². The van der Waals surface area contributed by atoms with Crippen LogP contribution in [0, 0.1) is 23.2 Å². The zero-order valence-electron chi connectivity index (χ0n) is 20.5. The fourth-order valence-electron chi connectivity index (χ4n) is 3.86. The molecule has 0 aromatic heterocycles. The molecule has 0 amide bonds. The summed E-state index contributed by atoms with van der Waals surface area (Å²) < 4.78 is 12.0. The standard InChI is InChI=1S/C25H48O4/c1-9-12-15-21(8)22(29-24(27)20(6)7)25(16-13-10-2,17-14-11-3)18-28-23(26)19(4)5/h19-22H,9-18H2,1-8H3. The quantitative estimate of drug-likeness (QED) is 0.257. The summed E-state index contributed by atoms with van der Waals surface area (Å²) in [5.41, 5.74) is -0.311. The van der Waals surface area contributed by atoms with Crippen molar-refractivity contribution >= 4 is 11.9 Å². The van der Waals surface area contributed by atoms with Crippen LogP contribution in [0.25, 0.3) is 0 Å². The van der Waals surface area contributed by atoms with Crippen LogP contribution in [-0.4, -0.2) is 24.6 Å². The van der Waals surface area contributed by atoms with E-state index in [9.17, 15) is 9.59 Å². The van der Waals surface area contributed by atoms with Crippen molar-refractivity contribution in [2.24, 2.45) is 23.2 Å². The Hall–Kier alpha value is -1.06. The minimum Gasteiger partial charge on any atom is -0.465 e. The van der Waals surface area contributed by atoms with Crippen LogP contribution in [0.1, 0.15) is 113 Å². The summed E-state index contributed by atoms with van der Waals surface area (Å²) in [7, 11) is 0. The van der Waals surface area contributed by atoms with Crippen LogP contribution in [0.4, 0.5) is 0 Å². The van der Waals surface area contributed by atoms with Crippen molar-refractivity contribution in [3.63, 3.8) is 0 Å². The van der Waals surface area contributed by atoms with Gasteiger partial charge in [0, 0.05) is 5.41 Å². The van der Waals surface area contributed by atoms with Crippen LogP contribution >= 0.6 is 0 Å². The van der Waals surface area contributed by atoms with E-state index >= 15 is 0 Å². The molecule has 0 saturated heterocycles. The molecule has 2 atom stereocenters. The zero-order valence-corrected chi connectivity index (χ0v) is 20.5. The van der Waals surface area contributed by atoms with Crippen LogP contribution in [0.2, 0.25) is 0 Å². The van der Waals surface area contributed by atoms with Crippen LogP contribution in [0.3, 0.4) is 0 Å². The molecule has 4 nitrogen and oxygen atoms in total. The molecule has 2 unspecified atom stereocenters. The Bertz CT molecular complexity index is 448. The minimum atomic E-state index is -0.311. The first kappa shape index (κ1) is 27.9. The van der Waals surface area contributed by atoms with Gasteiger partial charge in [-0.2, -0.15) is 0 Å². The molecule has 0 N–H and O–H groups in total. The van der Waals surface area contributed by atoms with Gasteiger partial charge in [-0.3, -0.25) is 9.59 Å². The summed E-state index contributed by atoms with van der Waals surface area (Å²) in [4.78, 5) is 24.9. The second-order valence-electron chi connectivity index (χ2n) is 9.46. The van der Waals surface area contributed by atoms with Crippen LogP contribution < -0.4 is 0 Å². The number of unbranched alkanes of at least 4 members (excludes halogenated alkanes) is 3. The van der Waals surface area contributed by atoms with E-state index in [4.69, 9.17) is 9.47 Å². The van der Waals surface area contributed by atoms with Crippen molar-refractivity contribution in [2.45, 2.75) is 119 Å². The molecular formula is C25H48O4. The summed E-state index contributed by atoms with van der Waals surface area (Å²) in [5, 5.41) is 0. The van der Waals surface area contributed by atoms with Gasteiger partial charge in [-0.25, -0.2) is 0 Å². The summed E-state index contributed by atoms with van der Waals surface area (Å²) in [5.74, 6) is -0.393. The lowest BCUT2D eigenvalue weighted by Gasteiger charge is -2.43. The van der Waals surface area contributed by atoms with Crippen molar-refractivity contribution in [3.8, 4) is 0 Å². The normalized spacial score (nSPS) is 14.1. The highest BCUT2D eigenvalue weighted by atomic mass is 16.6. The van der Waals surface area contributed by atoms with E-state index in [2.05, 4.69) is 27.7 Å². The molecule has 0 spiro atoms. The third kappa shape index (κ3) is 10.00. The molecule has 0 heterocycles. The van der Waals surface area contributed by atoms with E-state index in [1.165, 1.54) is 0 Å². The molecule has 0 fully saturated rings. The van der Waals surface area contributed by atoms with Gasteiger partial charge in [0.2, 0.25) is 0 Å². The molecule has 0 aromatic carbocycles. The number of carbonyl (C=O) groups excluding carboxylic acids is 2. The molecule has 29 heavy (non-hydrogen) atoms. The molecule has 0 aliphatic rings. The molecule has 0 aliphatic carbocycles. The molecule has 0 saturated carbocycles. The lowest BCUT2D eigenvalue weighted by Crippen LogP contribution is -2.47. The SMILES string of the molecule is CCCCC(C)C(OC(=O)C(C)C)C(CCCC)(CCCC)COC(=O)C(C)C. The lowest BCUT2D eigenvalue weighted by molar-refractivity contribution is -0.175. The fourth-order valence-corrected chi connectivity index (χ4v) is 3.86. The van der Waals surface area contributed by atoms with E-state index in [0.717, 1.165) is 57.8 Å². The van der Waals surface area contributed by atoms with Crippen molar-refractivity contribution in [1.82, 2.24) is 0 Å². The third-order valence-electron chi connectivity index (χ3n) is 5.88. The molecular weight excluding hydrogens is 364 g/mol. The zero-order chi connectivity index (χ0) is 22.4. The third-order valence-corrected chi connectivity index (χ3v) is 5.88. The highest BCUT2D eigenvalue weighted by Gasteiger charge is 2.44. The summed E-state index contributed by atoms with van der Waals surface area (Å²) in [6, 6.07) is 0. The van der Waals surface area contributed by atoms with E-state index in [1.54, 1.807) is 0 Å². The molecule has 0 aliphatic heterocycles. The Morgan fingerprint density at radius 1 is 0.759 bits per heavy atom. The van der Waals surface area contributed by atoms with E-state index < -0.39 is 0 Å². The Labute approximate surface area is 180 Å². The average Bonchev–Trinajstić information content (AvgIpc) is 2.69. The van der Waals surface area contributed by atoms with Crippen LogP contribution in [0.15, 0.2) is 0 Å². The van der Waals surface area contributed by atoms with Gasteiger partial charge in [0.1, 0.15) is 12.7 Å². The Morgan fingerprint density at radius 2 is 1.24 bits per heavy atom. The van der Waals surface area contributed by atoms with Crippen molar-refractivity contribution in [3.05, 3.63) is 0 Å². The first-order valence-corrected chi connectivity index (χ1v) is 12.0. The predicted molar refractivity (Wildman–Crippen MR) is 121 cm³/mol. The number of ether oxygens (including phenoxy) is 2. The fraction of sp³-hybridized carbons (Fsp3) is 0.920. The first-order chi connectivity index (χ1) is 13.6. The lowest BCUT2D eigenvalue weighted by atomic mass is 9.69. The Kier molecular flexibility index (Phi) is 14.3. The summed E-state index contributed by atoms with van der Waals surface area (Å²) in [6.45, 7) is 16.6. The van der Waals surface area contributed by atoms with Gasteiger partial charge in [0.25, 0.3) is 0 Å². The van der Waals surface area contributed by atoms with Gasteiger partial charge < -0.3 is 9.47 Å². The first-order valence-electron chi connectivity index (χ1n) is 12.0. The van der Waals surface area contributed by atoms with Crippen LogP contribution in [0.5, 0.6) is 0 Å². The summed E-state index contributed by atoms with van der Waals surface area (Å²) >= 11 is 0. The van der Waals surface area contributed by atoms with Crippen molar-refractivity contribution in [2.75, 3.05) is 6.61 Å². The number of esters is 2. The van der Waals surface area contributed by atoms with E-state index in [-0.39, 0.29) is 41.2 Å². The van der Waals surface area contributed by atoms with Gasteiger partial charge in [-0.05, 0) is 25.2 Å². The minimum absolute atomic E-state index is 0.147. The second kappa shape index (κ2) is 14.8. The number of hydrogen-bond donors (Lipinski definition) is 0. The largest absolute Gasteiger partial charge is 0.465 e. The Balaban J connectivity index is 5.98. The van der Waals surface area contributed by atoms with E-state index in [0.29, 0.717) is 6.61 Å². The molecule has 0 rings (SSSR count). The summed E-state index contributed by atoms with van der Waals surface area (Å²) in [6.07, 6.45) is 9.09. The van der Waals surface area contributed by atoms with Gasteiger partial charge >= 0.3 is 11.9 Å². The maximum atomic E-state index is 12.6. The molecule has 172 valence electrons. The molecule has 0 radical (unpaired) electrons. The van der Waals surface area contributed by atoms with E-state index in [1.807, 2.05) is 27.7 Å². The Morgan fingerprint density at radius 3 is 1.66 bits per heavy atom. The van der Waals surface area contributed by atoms with Gasteiger partial charge in [-0.1, -0.05) is 93.9 Å². The highest BCUT2D eigenvalue weighted by molar-refractivity contribution is 5.72. The molecule has 0 bridgehead atoms.